The van der Waals surface area contributed by atoms with Crippen LogP contribution in [-0.2, 0) is 25.7 Å². The van der Waals surface area contributed by atoms with E-state index in [1.54, 1.807) is 0 Å². The van der Waals surface area contributed by atoms with E-state index in [2.05, 4.69) is 15.9 Å². The van der Waals surface area contributed by atoms with Crippen LogP contribution in [0.25, 0.3) is 0 Å². The first kappa shape index (κ1) is 15.1. The third-order valence-electron chi connectivity index (χ3n) is 3.58. The highest BCUT2D eigenvalue weighted by molar-refractivity contribution is 9.10. The number of halogens is 1. The lowest BCUT2D eigenvalue weighted by Gasteiger charge is -2.33. The second-order valence-electron chi connectivity index (χ2n) is 5.00. The Hall–Kier alpha value is -1.86. The number of fused-ring (bicyclic) bond motifs is 1. The number of hydrogen-bond donors (Lipinski definition) is 1. The van der Waals surface area contributed by atoms with Gasteiger partial charge in [-0.15, -0.1) is 0 Å². The molecular formula is C15H14BrNO5. The average Bonchev–Trinajstić information content (AvgIpc) is 2.79. The molecule has 0 radical (unpaired) electrons. The SMILES string of the molecule is O=C(OCc1ccc(Br)cc1)C1C(=CCO)OC2CC(=O)N21. The van der Waals surface area contributed by atoms with Gasteiger partial charge < -0.3 is 14.6 Å². The molecule has 22 heavy (non-hydrogen) atoms. The number of amides is 1. The zero-order chi connectivity index (χ0) is 15.7. The van der Waals surface area contributed by atoms with Crippen LogP contribution in [0.15, 0.2) is 40.6 Å². The van der Waals surface area contributed by atoms with E-state index in [-0.39, 0.29) is 31.3 Å². The number of benzene rings is 1. The number of carbonyl (C=O) groups excluding carboxylic acids is 2. The number of carbonyl (C=O) groups is 2. The van der Waals surface area contributed by atoms with Crippen LogP contribution in [0.5, 0.6) is 0 Å². The van der Waals surface area contributed by atoms with Crippen LogP contribution < -0.4 is 0 Å². The van der Waals surface area contributed by atoms with Crippen molar-refractivity contribution < 1.29 is 24.2 Å². The minimum absolute atomic E-state index is 0.113. The zero-order valence-electron chi connectivity index (χ0n) is 11.6. The maximum Gasteiger partial charge on any atom is 0.337 e. The molecule has 0 spiro atoms. The number of aliphatic hydroxyl groups is 1. The van der Waals surface area contributed by atoms with Crippen molar-refractivity contribution in [3.05, 3.63) is 46.1 Å². The van der Waals surface area contributed by atoms with Crippen molar-refractivity contribution in [2.24, 2.45) is 0 Å². The Bertz CT molecular complexity index is 627. The van der Waals surface area contributed by atoms with E-state index in [4.69, 9.17) is 14.6 Å². The molecule has 116 valence electrons. The van der Waals surface area contributed by atoms with Crippen molar-refractivity contribution >= 4 is 27.8 Å². The quantitative estimate of drug-likeness (QED) is 0.641. The largest absolute Gasteiger partial charge is 0.472 e. The molecule has 2 atom stereocenters. The van der Waals surface area contributed by atoms with Crippen molar-refractivity contribution in [1.29, 1.82) is 0 Å². The molecule has 7 heteroatoms. The molecule has 2 aliphatic heterocycles. The van der Waals surface area contributed by atoms with Gasteiger partial charge in [0.2, 0.25) is 5.91 Å². The first-order valence-corrected chi connectivity index (χ1v) is 7.59. The van der Waals surface area contributed by atoms with Gasteiger partial charge in [0, 0.05) is 4.47 Å². The van der Waals surface area contributed by atoms with E-state index in [1.807, 2.05) is 24.3 Å². The summed E-state index contributed by atoms with van der Waals surface area (Å²) < 4.78 is 11.7. The van der Waals surface area contributed by atoms with Crippen LogP contribution >= 0.6 is 15.9 Å². The van der Waals surface area contributed by atoms with E-state index < -0.39 is 18.2 Å². The van der Waals surface area contributed by atoms with E-state index in [9.17, 15) is 9.59 Å². The van der Waals surface area contributed by atoms with Crippen LogP contribution in [-0.4, -0.2) is 40.8 Å². The van der Waals surface area contributed by atoms with Crippen LogP contribution in [0, 0.1) is 0 Å². The highest BCUT2D eigenvalue weighted by Crippen LogP contribution is 2.36. The van der Waals surface area contributed by atoms with E-state index >= 15 is 0 Å². The van der Waals surface area contributed by atoms with Gasteiger partial charge in [-0.25, -0.2) is 4.79 Å². The second kappa shape index (κ2) is 6.10. The number of aliphatic hydroxyl groups excluding tert-OH is 1. The molecule has 1 aromatic rings. The molecule has 2 saturated heterocycles. The smallest absolute Gasteiger partial charge is 0.337 e. The maximum absolute atomic E-state index is 12.3. The van der Waals surface area contributed by atoms with Gasteiger partial charge in [-0.3, -0.25) is 9.69 Å². The number of β-lactam (4-membered cyclic amide) rings is 1. The van der Waals surface area contributed by atoms with Crippen LogP contribution in [0.3, 0.4) is 0 Å². The fourth-order valence-electron chi connectivity index (χ4n) is 2.46. The fraction of sp³-hybridized carbons (Fsp3) is 0.333. The zero-order valence-corrected chi connectivity index (χ0v) is 13.2. The van der Waals surface area contributed by atoms with Crippen molar-refractivity contribution in [1.82, 2.24) is 4.90 Å². The van der Waals surface area contributed by atoms with Crippen molar-refractivity contribution in [3.8, 4) is 0 Å². The average molecular weight is 368 g/mol. The lowest BCUT2D eigenvalue weighted by molar-refractivity contribution is -0.166. The van der Waals surface area contributed by atoms with Gasteiger partial charge >= 0.3 is 5.97 Å². The number of rotatable bonds is 4. The van der Waals surface area contributed by atoms with Gasteiger partial charge in [0.15, 0.2) is 12.3 Å². The topological polar surface area (TPSA) is 76.1 Å². The summed E-state index contributed by atoms with van der Waals surface area (Å²) >= 11 is 3.33. The summed E-state index contributed by atoms with van der Waals surface area (Å²) in [4.78, 5) is 25.3. The molecule has 3 rings (SSSR count). The van der Waals surface area contributed by atoms with Crippen molar-refractivity contribution in [2.75, 3.05) is 6.61 Å². The molecule has 1 aromatic carbocycles. The molecular weight excluding hydrogens is 354 g/mol. The standard InChI is InChI=1S/C15H14BrNO5/c16-10-3-1-9(2-4-10)8-21-15(20)14-11(5-6-18)22-13-7-12(19)17(13)14/h1-5,13-14,18H,6-8H2. The molecule has 6 nitrogen and oxygen atoms in total. The van der Waals surface area contributed by atoms with Gasteiger partial charge in [-0.05, 0) is 23.8 Å². The molecule has 2 aliphatic rings. The minimum atomic E-state index is -0.895. The van der Waals surface area contributed by atoms with Gasteiger partial charge in [0.05, 0.1) is 13.0 Å². The Kier molecular flexibility index (Phi) is 4.17. The first-order chi connectivity index (χ1) is 10.6. The molecule has 0 bridgehead atoms. The number of hydrogen-bond acceptors (Lipinski definition) is 5. The third-order valence-corrected chi connectivity index (χ3v) is 4.11. The van der Waals surface area contributed by atoms with E-state index in [0.717, 1.165) is 10.0 Å². The second-order valence-corrected chi connectivity index (χ2v) is 5.92. The highest BCUT2D eigenvalue weighted by Gasteiger charge is 2.54. The highest BCUT2D eigenvalue weighted by atomic mass is 79.9. The summed E-state index contributed by atoms with van der Waals surface area (Å²) in [7, 11) is 0. The molecule has 1 N–H and O–H groups in total. The molecule has 1 amide bonds. The molecule has 0 saturated carbocycles. The maximum atomic E-state index is 12.3. The van der Waals surface area contributed by atoms with Crippen LogP contribution in [0.4, 0.5) is 0 Å². The Morgan fingerprint density at radius 1 is 1.45 bits per heavy atom. The Labute approximate surface area is 135 Å². The first-order valence-electron chi connectivity index (χ1n) is 6.80. The molecule has 0 aromatic heterocycles. The summed E-state index contributed by atoms with van der Waals surface area (Å²) in [5.74, 6) is -0.436. The number of esters is 1. The number of ether oxygens (including phenoxy) is 2. The Morgan fingerprint density at radius 2 is 2.18 bits per heavy atom. The minimum Gasteiger partial charge on any atom is -0.472 e. The van der Waals surface area contributed by atoms with Gasteiger partial charge in [-0.1, -0.05) is 28.1 Å². The van der Waals surface area contributed by atoms with Gasteiger partial charge in [-0.2, -0.15) is 0 Å². The summed E-state index contributed by atoms with van der Waals surface area (Å²) in [6.45, 7) is -0.151. The predicted molar refractivity (Wildman–Crippen MR) is 79.2 cm³/mol. The Morgan fingerprint density at radius 3 is 2.82 bits per heavy atom. The van der Waals surface area contributed by atoms with Gasteiger partial charge in [0.1, 0.15) is 12.4 Å². The third kappa shape index (κ3) is 2.74. The van der Waals surface area contributed by atoms with Crippen molar-refractivity contribution in [3.63, 3.8) is 0 Å². The van der Waals surface area contributed by atoms with Crippen LogP contribution in [0.1, 0.15) is 12.0 Å². The molecule has 2 unspecified atom stereocenters. The predicted octanol–water partition coefficient (Wildman–Crippen LogP) is 1.33. The summed E-state index contributed by atoms with van der Waals surface area (Å²) in [6, 6.07) is 6.49. The monoisotopic (exact) mass is 367 g/mol. The molecule has 2 heterocycles. The lowest BCUT2D eigenvalue weighted by atomic mass is 10.1. The fourth-order valence-corrected chi connectivity index (χ4v) is 2.73. The normalized spacial score (nSPS) is 24.7. The molecule has 0 aliphatic carbocycles. The lowest BCUT2D eigenvalue weighted by Crippen LogP contribution is -2.55. The van der Waals surface area contributed by atoms with Crippen LogP contribution in [0.2, 0.25) is 0 Å². The summed E-state index contributed by atoms with van der Waals surface area (Å²) in [5.41, 5.74) is 0.842. The van der Waals surface area contributed by atoms with E-state index in [1.165, 1.54) is 11.0 Å². The molecule has 2 fully saturated rings. The van der Waals surface area contributed by atoms with E-state index in [0.29, 0.717) is 0 Å². The summed E-state index contributed by atoms with van der Waals surface area (Å²) in [6.07, 6.45) is 1.21. The summed E-state index contributed by atoms with van der Waals surface area (Å²) in [5, 5.41) is 9.00. The Balaban J connectivity index is 1.68. The van der Waals surface area contributed by atoms with Gasteiger partial charge in [0.25, 0.3) is 0 Å². The van der Waals surface area contributed by atoms with Crippen molar-refractivity contribution in [2.45, 2.75) is 25.3 Å². The number of nitrogens with zero attached hydrogens (tertiary/aromatic N) is 1.